The van der Waals surface area contributed by atoms with Crippen molar-refractivity contribution in [2.45, 2.75) is 6.04 Å². The van der Waals surface area contributed by atoms with E-state index in [9.17, 15) is 9.18 Å². The fourth-order valence-corrected chi connectivity index (χ4v) is 3.64. The Hall–Kier alpha value is -3.14. The molecule has 8 nitrogen and oxygen atoms in total. The molecule has 3 N–H and O–H groups in total. The van der Waals surface area contributed by atoms with Crippen LogP contribution in [0.4, 0.5) is 20.6 Å². The molecule has 1 unspecified atom stereocenters. The second-order valence-corrected chi connectivity index (χ2v) is 7.71. The summed E-state index contributed by atoms with van der Waals surface area (Å²) in [7, 11) is 1.78. The molecule has 2 heterocycles. The third-order valence-corrected chi connectivity index (χ3v) is 5.20. The van der Waals surface area contributed by atoms with Crippen LogP contribution in [0.15, 0.2) is 48.7 Å². The molecule has 1 aliphatic heterocycles. The van der Waals surface area contributed by atoms with E-state index >= 15 is 0 Å². The van der Waals surface area contributed by atoms with Gasteiger partial charge in [-0.25, -0.2) is 9.18 Å². The number of hydrogen-bond donors (Lipinski definition) is 3. The van der Waals surface area contributed by atoms with Gasteiger partial charge in [-0.2, -0.15) is 5.10 Å². The smallest absolute Gasteiger partial charge is 0.323 e. The van der Waals surface area contributed by atoms with Crippen LogP contribution in [-0.2, 0) is 11.8 Å². The zero-order valence-corrected chi connectivity index (χ0v) is 18.2. The highest BCUT2D eigenvalue weighted by atomic mass is 35.5. The summed E-state index contributed by atoms with van der Waals surface area (Å²) in [6, 6.07) is 10.4. The highest BCUT2D eigenvalue weighted by Crippen LogP contribution is 2.36. The van der Waals surface area contributed by atoms with E-state index in [4.69, 9.17) is 21.1 Å². The number of benzene rings is 2. The van der Waals surface area contributed by atoms with Gasteiger partial charge in [-0.1, -0.05) is 11.6 Å². The number of aryl methyl sites for hydroxylation is 1. The first-order valence-corrected chi connectivity index (χ1v) is 10.5. The van der Waals surface area contributed by atoms with Crippen LogP contribution < -0.4 is 20.7 Å². The van der Waals surface area contributed by atoms with E-state index in [1.165, 1.54) is 24.3 Å². The molecule has 1 aliphatic rings. The lowest BCUT2D eigenvalue weighted by Crippen LogP contribution is -2.44. The van der Waals surface area contributed by atoms with Crippen LogP contribution >= 0.6 is 11.6 Å². The lowest BCUT2D eigenvalue weighted by molar-refractivity contribution is 0.0593. The molecule has 10 heteroatoms. The Balaban J connectivity index is 1.54. The molecular formula is C22H23ClFN5O3. The molecule has 0 saturated carbocycles. The van der Waals surface area contributed by atoms with Gasteiger partial charge < -0.3 is 25.4 Å². The normalized spacial score (nSPS) is 15.9. The van der Waals surface area contributed by atoms with Crippen molar-refractivity contribution in [1.82, 2.24) is 15.1 Å². The van der Waals surface area contributed by atoms with Crippen molar-refractivity contribution < 1.29 is 18.7 Å². The van der Waals surface area contributed by atoms with Crippen molar-refractivity contribution in [2.24, 2.45) is 7.05 Å². The maximum atomic E-state index is 13.1. The highest BCUT2D eigenvalue weighted by Gasteiger charge is 2.19. The maximum absolute atomic E-state index is 13.1. The average Bonchev–Trinajstić information content (AvgIpc) is 3.13. The van der Waals surface area contributed by atoms with Crippen LogP contribution in [0, 0.1) is 5.82 Å². The van der Waals surface area contributed by atoms with E-state index in [1.807, 2.05) is 0 Å². The van der Waals surface area contributed by atoms with E-state index in [2.05, 4.69) is 21.0 Å². The second kappa shape index (κ2) is 9.99. The minimum absolute atomic E-state index is 0.0814. The van der Waals surface area contributed by atoms with E-state index < -0.39 is 6.03 Å². The first-order valence-electron chi connectivity index (χ1n) is 10.1. The molecule has 2 aromatic carbocycles. The van der Waals surface area contributed by atoms with Gasteiger partial charge in [0.1, 0.15) is 18.2 Å². The van der Waals surface area contributed by atoms with Crippen molar-refractivity contribution in [3.05, 3.63) is 59.5 Å². The number of hydrogen-bond acceptors (Lipinski definition) is 5. The van der Waals surface area contributed by atoms with Crippen LogP contribution in [0.2, 0.25) is 5.02 Å². The summed E-state index contributed by atoms with van der Waals surface area (Å²) in [5.41, 5.74) is 2.35. The lowest BCUT2D eigenvalue weighted by atomic mass is 10.1. The zero-order chi connectivity index (χ0) is 22.5. The predicted molar refractivity (Wildman–Crippen MR) is 121 cm³/mol. The number of urea groups is 1. The highest BCUT2D eigenvalue weighted by molar-refractivity contribution is 6.33. The van der Waals surface area contributed by atoms with Crippen molar-refractivity contribution in [3.8, 4) is 17.0 Å². The Morgan fingerprint density at radius 1 is 1.28 bits per heavy atom. The topological polar surface area (TPSA) is 89.4 Å². The largest absolute Gasteiger partial charge is 0.491 e. The Bertz CT molecular complexity index is 1060. The van der Waals surface area contributed by atoms with Gasteiger partial charge in [0.15, 0.2) is 0 Å². The number of amides is 2. The fraction of sp³-hybridized carbons (Fsp3) is 0.273. The van der Waals surface area contributed by atoms with E-state index in [1.54, 1.807) is 36.1 Å². The Labute approximate surface area is 189 Å². The number of aromatic nitrogens is 2. The number of anilines is 2. The predicted octanol–water partition coefficient (Wildman–Crippen LogP) is 3.89. The summed E-state index contributed by atoms with van der Waals surface area (Å²) in [5, 5.41) is 13.5. The van der Waals surface area contributed by atoms with Crippen LogP contribution in [0.5, 0.6) is 5.75 Å². The molecule has 0 spiro atoms. The molecular weight excluding hydrogens is 437 g/mol. The molecule has 1 atom stereocenters. The minimum atomic E-state index is -0.462. The fourth-order valence-electron chi connectivity index (χ4n) is 3.38. The van der Waals surface area contributed by atoms with Gasteiger partial charge >= 0.3 is 6.03 Å². The molecule has 2 amide bonds. The molecule has 1 fully saturated rings. The third kappa shape index (κ3) is 5.37. The van der Waals surface area contributed by atoms with Crippen LogP contribution in [-0.4, -0.2) is 48.2 Å². The van der Waals surface area contributed by atoms with Crippen LogP contribution in [0.1, 0.15) is 0 Å². The van der Waals surface area contributed by atoms with Gasteiger partial charge in [-0.15, -0.1) is 0 Å². The second-order valence-electron chi connectivity index (χ2n) is 7.30. The molecule has 0 radical (unpaired) electrons. The molecule has 1 aromatic heterocycles. The Kier molecular flexibility index (Phi) is 6.89. The van der Waals surface area contributed by atoms with Crippen molar-refractivity contribution >= 4 is 29.0 Å². The number of carbonyl (C=O) groups is 1. The van der Waals surface area contributed by atoms with E-state index in [0.29, 0.717) is 53.2 Å². The first-order chi connectivity index (χ1) is 15.5. The number of nitrogens with one attached hydrogen (secondary N) is 3. The van der Waals surface area contributed by atoms with Gasteiger partial charge in [0, 0.05) is 30.5 Å². The standard InChI is InChI=1S/C22H23ClFN5O3/c1-29-21(19(23)11-26-29)18-10-16(28-22(30)27-15-4-2-14(24)3-5-15)6-7-20(18)32-13-17-12-31-9-8-25-17/h2-7,10-11,17,25H,8-9,12-13H2,1H3,(H2,27,28,30). The van der Waals surface area contributed by atoms with Crippen LogP contribution in [0.25, 0.3) is 11.3 Å². The van der Waals surface area contributed by atoms with Gasteiger partial charge in [-0.3, -0.25) is 4.68 Å². The maximum Gasteiger partial charge on any atom is 0.323 e. The molecule has 4 rings (SSSR count). The van der Waals surface area contributed by atoms with Crippen molar-refractivity contribution in [3.63, 3.8) is 0 Å². The van der Waals surface area contributed by atoms with Gasteiger partial charge in [0.2, 0.25) is 0 Å². The minimum Gasteiger partial charge on any atom is -0.491 e. The van der Waals surface area contributed by atoms with E-state index in [-0.39, 0.29) is 11.9 Å². The zero-order valence-electron chi connectivity index (χ0n) is 17.4. The third-order valence-electron chi connectivity index (χ3n) is 4.93. The van der Waals surface area contributed by atoms with Crippen molar-refractivity contribution in [1.29, 1.82) is 0 Å². The van der Waals surface area contributed by atoms with Crippen LogP contribution in [0.3, 0.4) is 0 Å². The molecule has 0 bridgehead atoms. The summed E-state index contributed by atoms with van der Waals surface area (Å²) in [6.45, 7) is 2.46. The number of halogens is 2. The summed E-state index contributed by atoms with van der Waals surface area (Å²) >= 11 is 6.38. The van der Waals surface area contributed by atoms with Gasteiger partial charge in [-0.05, 0) is 42.5 Å². The number of morpholine rings is 1. The van der Waals surface area contributed by atoms with Gasteiger partial charge in [0.05, 0.1) is 36.2 Å². The quantitative estimate of drug-likeness (QED) is 0.520. The molecule has 0 aliphatic carbocycles. The number of carbonyl (C=O) groups excluding carboxylic acids is 1. The summed E-state index contributed by atoms with van der Waals surface area (Å²) in [6.07, 6.45) is 1.55. The first kappa shape index (κ1) is 22.1. The monoisotopic (exact) mass is 459 g/mol. The van der Waals surface area contributed by atoms with Crippen molar-refractivity contribution in [2.75, 3.05) is 37.0 Å². The molecule has 3 aromatic rings. The summed E-state index contributed by atoms with van der Waals surface area (Å²) in [4.78, 5) is 12.4. The lowest BCUT2D eigenvalue weighted by Gasteiger charge is -2.24. The number of rotatable bonds is 6. The summed E-state index contributed by atoms with van der Waals surface area (Å²) in [5.74, 6) is 0.228. The summed E-state index contributed by atoms with van der Waals surface area (Å²) < 4.78 is 26.3. The Morgan fingerprint density at radius 3 is 2.72 bits per heavy atom. The number of ether oxygens (including phenoxy) is 2. The Morgan fingerprint density at radius 2 is 2.03 bits per heavy atom. The molecule has 32 heavy (non-hydrogen) atoms. The number of nitrogens with zero attached hydrogens (tertiary/aromatic N) is 2. The molecule has 168 valence electrons. The van der Waals surface area contributed by atoms with E-state index in [0.717, 1.165) is 6.54 Å². The SMILES string of the molecule is Cn1ncc(Cl)c1-c1cc(NC(=O)Nc2ccc(F)cc2)ccc1OCC1COCCN1. The average molecular weight is 460 g/mol. The van der Waals surface area contributed by atoms with Gasteiger partial charge in [0.25, 0.3) is 0 Å². The molecule has 1 saturated heterocycles.